The van der Waals surface area contributed by atoms with Gasteiger partial charge in [0, 0.05) is 42.5 Å². The van der Waals surface area contributed by atoms with Gasteiger partial charge in [0.15, 0.2) is 0 Å². The first-order valence-electron chi connectivity index (χ1n) is 6.48. The van der Waals surface area contributed by atoms with Crippen LogP contribution in [0.15, 0.2) is 24.4 Å². The van der Waals surface area contributed by atoms with E-state index in [9.17, 15) is 8.78 Å². The molecular formula is C15H19F2N3. The van der Waals surface area contributed by atoms with Crippen molar-refractivity contribution in [2.75, 3.05) is 0 Å². The van der Waals surface area contributed by atoms with Gasteiger partial charge in [-0.25, -0.2) is 8.78 Å². The van der Waals surface area contributed by atoms with E-state index in [2.05, 4.69) is 31.2 Å². The van der Waals surface area contributed by atoms with Crippen LogP contribution < -0.4 is 5.32 Å². The van der Waals surface area contributed by atoms with Gasteiger partial charge in [0.1, 0.15) is 11.6 Å². The van der Waals surface area contributed by atoms with Gasteiger partial charge in [0.05, 0.1) is 5.69 Å². The quantitative estimate of drug-likeness (QED) is 0.934. The zero-order chi connectivity index (χ0) is 14.9. The molecule has 0 saturated carbocycles. The Morgan fingerprint density at radius 3 is 2.30 bits per heavy atom. The molecule has 0 amide bonds. The van der Waals surface area contributed by atoms with Gasteiger partial charge >= 0.3 is 0 Å². The lowest BCUT2D eigenvalue weighted by Gasteiger charge is -2.20. The fraction of sp³-hybridized carbons (Fsp3) is 0.400. The normalized spacial score (nSPS) is 11.9. The Hall–Kier alpha value is -1.75. The Balaban J connectivity index is 2.36. The lowest BCUT2D eigenvalue weighted by atomic mass is 10.1. The third kappa shape index (κ3) is 3.63. The van der Waals surface area contributed by atoms with Crippen LogP contribution in [-0.4, -0.2) is 15.3 Å². The summed E-state index contributed by atoms with van der Waals surface area (Å²) in [4.78, 5) is 0. The second-order valence-corrected chi connectivity index (χ2v) is 5.94. The molecule has 0 aliphatic heterocycles. The molecule has 3 nitrogen and oxygen atoms in total. The second kappa shape index (κ2) is 5.32. The molecule has 2 rings (SSSR count). The third-order valence-corrected chi connectivity index (χ3v) is 2.85. The van der Waals surface area contributed by atoms with E-state index in [1.807, 2.05) is 6.20 Å². The molecule has 0 bridgehead atoms. The van der Waals surface area contributed by atoms with Gasteiger partial charge in [-0.05, 0) is 32.9 Å². The van der Waals surface area contributed by atoms with Crippen molar-refractivity contribution in [3.05, 3.63) is 41.6 Å². The minimum Gasteiger partial charge on any atom is -0.308 e. The van der Waals surface area contributed by atoms with Crippen LogP contribution in [-0.2, 0) is 13.6 Å². The SMILES string of the molecule is Cn1cc(CNC(C)(C)C)c(-c2cc(F)cc(F)c2)n1. The predicted octanol–water partition coefficient (Wildman–Crippen LogP) is 3.25. The molecule has 0 atom stereocenters. The van der Waals surface area contributed by atoms with Crippen molar-refractivity contribution >= 4 is 0 Å². The zero-order valence-electron chi connectivity index (χ0n) is 12.2. The van der Waals surface area contributed by atoms with E-state index in [1.54, 1.807) is 11.7 Å². The van der Waals surface area contributed by atoms with E-state index < -0.39 is 11.6 Å². The van der Waals surface area contributed by atoms with Crippen LogP contribution in [0.2, 0.25) is 0 Å². The van der Waals surface area contributed by atoms with E-state index in [1.165, 1.54) is 12.1 Å². The average molecular weight is 279 g/mol. The van der Waals surface area contributed by atoms with Crippen molar-refractivity contribution in [2.45, 2.75) is 32.9 Å². The van der Waals surface area contributed by atoms with Gasteiger partial charge in [0.2, 0.25) is 0 Å². The Kier molecular flexibility index (Phi) is 3.90. The van der Waals surface area contributed by atoms with Crippen molar-refractivity contribution in [1.29, 1.82) is 0 Å². The Labute approximate surface area is 117 Å². The van der Waals surface area contributed by atoms with Crippen LogP contribution in [0, 0.1) is 11.6 Å². The molecule has 0 spiro atoms. The number of hydrogen-bond donors (Lipinski definition) is 1. The van der Waals surface area contributed by atoms with Crippen molar-refractivity contribution < 1.29 is 8.78 Å². The molecule has 0 unspecified atom stereocenters. The molecule has 2 aromatic rings. The lowest BCUT2D eigenvalue weighted by Crippen LogP contribution is -2.35. The summed E-state index contributed by atoms with van der Waals surface area (Å²) >= 11 is 0. The first-order valence-corrected chi connectivity index (χ1v) is 6.48. The van der Waals surface area contributed by atoms with Gasteiger partial charge in [-0.2, -0.15) is 5.10 Å². The summed E-state index contributed by atoms with van der Waals surface area (Å²) in [6.45, 7) is 6.77. The summed E-state index contributed by atoms with van der Waals surface area (Å²) in [5.74, 6) is -1.19. The predicted molar refractivity (Wildman–Crippen MR) is 75.2 cm³/mol. The van der Waals surface area contributed by atoms with Gasteiger partial charge < -0.3 is 5.32 Å². The first-order chi connectivity index (χ1) is 9.24. The maximum absolute atomic E-state index is 13.3. The van der Waals surface area contributed by atoms with Crippen LogP contribution in [0.3, 0.4) is 0 Å². The van der Waals surface area contributed by atoms with Crippen LogP contribution in [0.25, 0.3) is 11.3 Å². The van der Waals surface area contributed by atoms with Crippen LogP contribution in [0.1, 0.15) is 26.3 Å². The highest BCUT2D eigenvalue weighted by Gasteiger charge is 2.15. The highest BCUT2D eigenvalue weighted by Crippen LogP contribution is 2.24. The van der Waals surface area contributed by atoms with Gasteiger partial charge in [-0.15, -0.1) is 0 Å². The van der Waals surface area contributed by atoms with Gasteiger partial charge in [-0.1, -0.05) is 0 Å². The second-order valence-electron chi connectivity index (χ2n) is 5.94. The molecule has 1 aromatic heterocycles. The van der Waals surface area contributed by atoms with E-state index in [0.717, 1.165) is 11.6 Å². The minimum absolute atomic E-state index is 0.0414. The fourth-order valence-corrected chi connectivity index (χ4v) is 1.96. The number of hydrogen-bond acceptors (Lipinski definition) is 2. The van der Waals surface area contributed by atoms with E-state index in [-0.39, 0.29) is 5.54 Å². The molecule has 0 saturated heterocycles. The number of nitrogens with zero attached hydrogens (tertiary/aromatic N) is 2. The molecule has 1 heterocycles. The Morgan fingerprint density at radius 1 is 1.15 bits per heavy atom. The maximum Gasteiger partial charge on any atom is 0.126 e. The first kappa shape index (κ1) is 14.7. The van der Waals surface area contributed by atoms with Crippen molar-refractivity contribution in [3.8, 4) is 11.3 Å². The van der Waals surface area contributed by atoms with Crippen molar-refractivity contribution in [2.24, 2.45) is 7.05 Å². The molecule has 1 aromatic carbocycles. The smallest absolute Gasteiger partial charge is 0.126 e. The van der Waals surface area contributed by atoms with Crippen LogP contribution >= 0.6 is 0 Å². The topological polar surface area (TPSA) is 29.9 Å². The van der Waals surface area contributed by atoms with E-state index in [4.69, 9.17) is 0 Å². The molecular weight excluding hydrogens is 260 g/mol. The summed E-state index contributed by atoms with van der Waals surface area (Å²) in [5, 5.41) is 7.66. The average Bonchev–Trinajstić information content (AvgIpc) is 2.66. The lowest BCUT2D eigenvalue weighted by molar-refractivity contribution is 0.424. The van der Waals surface area contributed by atoms with Gasteiger partial charge in [0.25, 0.3) is 0 Å². The highest BCUT2D eigenvalue weighted by molar-refractivity contribution is 5.62. The summed E-state index contributed by atoms with van der Waals surface area (Å²) in [6, 6.07) is 3.46. The minimum atomic E-state index is -0.597. The largest absolute Gasteiger partial charge is 0.308 e. The number of aromatic nitrogens is 2. The number of aryl methyl sites for hydroxylation is 1. The highest BCUT2D eigenvalue weighted by atomic mass is 19.1. The summed E-state index contributed by atoms with van der Waals surface area (Å²) in [7, 11) is 1.79. The molecule has 20 heavy (non-hydrogen) atoms. The molecule has 0 aliphatic rings. The molecule has 0 aliphatic carbocycles. The fourth-order valence-electron chi connectivity index (χ4n) is 1.96. The van der Waals surface area contributed by atoms with Crippen LogP contribution in [0.5, 0.6) is 0 Å². The van der Waals surface area contributed by atoms with Crippen molar-refractivity contribution in [3.63, 3.8) is 0 Å². The molecule has 0 fully saturated rings. The number of nitrogens with one attached hydrogen (secondary N) is 1. The number of rotatable bonds is 3. The Morgan fingerprint density at radius 2 is 1.75 bits per heavy atom. The van der Waals surface area contributed by atoms with E-state index >= 15 is 0 Å². The molecule has 0 radical (unpaired) electrons. The Bertz CT molecular complexity index is 592. The zero-order valence-corrected chi connectivity index (χ0v) is 12.2. The molecule has 5 heteroatoms. The molecule has 108 valence electrons. The molecule has 1 N–H and O–H groups in total. The third-order valence-electron chi connectivity index (χ3n) is 2.85. The van der Waals surface area contributed by atoms with E-state index in [0.29, 0.717) is 17.8 Å². The number of halogens is 2. The monoisotopic (exact) mass is 279 g/mol. The summed E-state index contributed by atoms with van der Waals surface area (Å²) in [6.07, 6.45) is 1.86. The maximum atomic E-state index is 13.3. The summed E-state index contributed by atoms with van der Waals surface area (Å²) in [5.41, 5.74) is 1.92. The van der Waals surface area contributed by atoms with Gasteiger partial charge in [-0.3, -0.25) is 4.68 Å². The van der Waals surface area contributed by atoms with Crippen molar-refractivity contribution in [1.82, 2.24) is 15.1 Å². The standard InChI is InChI=1S/C15H19F2N3/c1-15(2,3)18-8-11-9-20(4)19-14(11)10-5-12(16)7-13(17)6-10/h5-7,9,18H,8H2,1-4H3. The van der Waals surface area contributed by atoms with Crippen LogP contribution in [0.4, 0.5) is 8.78 Å². The number of benzene rings is 1. The summed E-state index contributed by atoms with van der Waals surface area (Å²) < 4.78 is 28.3.